The number of nitrogens with zero attached hydrogens (tertiary/aromatic N) is 3. The van der Waals surface area contributed by atoms with Crippen LogP contribution in [-0.2, 0) is 4.79 Å². The molecule has 0 aliphatic carbocycles. The summed E-state index contributed by atoms with van der Waals surface area (Å²) in [6.45, 7) is 1.30. The van der Waals surface area contributed by atoms with Crippen molar-refractivity contribution in [1.29, 1.82) is 0 Å². The highest BCUT2D eigenvalue weighted by Gasteiger charge is 2.30. The number of hydrogen-bond donors (Lipinski definition) is 2. The standard InChI is InChI=1S/C19H13Cl3N4O5/c1-9-18(26(31)16-5-3-2-4-15(16)25(9)30)17(27)8-14(24-29)19(28)23-13-7-11(21)10(20)6-12(13)22/h2-7,29H,8H2,1H3,(H,23,28). The predicted octanol–water partition coefficient (Wildman–Crippen LogP) is 4.21. The van der Waals surface area contributed by atoms with E-state index in [0.717, 1.165) is 0 Å². The van der Waals surface area contributed by atoms with E-state index in [-0.39, 0.29) is 37.5 Å². The van der Waals surface area contributed by atoms with Gasteiger partial charge in [-0.3, -0.25) is 9.59 Å². The molecular weight excluding hydrogens is 471 g/mol. The van der Waals surface area contributed by atoms with Crippen molar-refractivity contribution < 1.29 is 19.2 Å². The molecule has 0 spiro atoms. The van der Waals surface area contributed by atoms with Crippen LogP contribution in [0, 0.1) is 17.0 Å². The lowest BCUT2D eigenvalue weighted by atomic mass is 10.1. The predicted molar refractivity (Wildman–Crippen MR) is 117 cm³/mol. The minimum Gasteiger partial charge on any atom is -0.805 e. The van der Waals surface area contributed by atoms with Gasteiger partial charge in [0.2, 0.25) is 5.78 Å². The summed E-state index contributed by atoms with van der Waals surface area (Å²) in [7, 11) is 0. The van der Waals surface area contributed by atoms with Crippen molar-refractivity contribution in [3.8, 4) is 0 Å². The van der Waals surface area contributed by atoms with Gasteiger partial charge >= 0.3 is 5.69 Å². The minimum absolute atomic E-state index is 0.0269. The number of halogens is 3. The first kappa shape index (κ1) is 22.5. The molecule has 0 fully saturated rings. The van der Waals surface area contributed by atoms with E-state index in [1.165, 1.54) is 37.3 Å². The Morgan fingerprint density at radius 3 is 2.48 bits per heavy atom. The Hall–Kier alpha value is -3.14. The third-order valence-electron chi connectivity index (χ3n) is 4.40. The van der Waals surface area contributed by atoms with Gasteiger partial charge in [0.05, 0.1) is 37.3 Å². The van der Waals surface area contributed by atoms with E-state index >= 15 is 0 Å². The molecule has 12 heteroatoms. The first-order chi connectivity index (χ1) is 14.6. The third-order valence-corrected chi connectivity index (χ3v) is 5.44. The van der Waals surface area contributed by atoms with Crippen molar-refractivity contribution >= 4 is 68.9 Å². The number of hydrogen-bond acceptors (Lipinski definition) is 6. The molecule has 0 unspecified atom stereocenters. The number of oxime groups is 1. The molecule has 3 rings (SSSR count). The van der Waals surface area contributed by atoms with E-state index in [0.29, 0.717) is 9.16 Å². The molecule has 31 heavy (non-hydrogen) atoms. The van der Waals surface area contributed by atoms with Crippen LogP contribution in [0.25, 0.3) is 11.0 Å². The zero-order valence-corrected chi connectivity index (χ0v) is 18.0. The molecule has 3 aromatic rings. The van der Waals surface area contributed by atoms with E-state index in [2.05, 4.69) is 10.5 Å². The molecule has 1 aromatic heterocycles. The van der Waals surface area contributed by atoms with Gasteiger partial charge in [0.25, 0.3) is 11.4 Å². The van der Waals surface area contributed by atoms with Crippen LogP contribution in [0.15, 0.2) is 41.6 Å². The summed E-state index contributed by atoms with van der Waals surface area (Å²) in [6, 6.07) is 8.51. The monoisotopic (exact) mass is 482 g/mol. The molecular formula is C19H13Cl3N4O5. The second kappa shape index (κ2) is 8.93. The molecule has 0 aliphatic heterocycles. The van der Waals surface area contributed by atoms with Crippen LogP contribution >= 0.6 is 34.8 Å². The number of ketones is 1. The number of fused-ring (bicyclic) bond motifs is 1. The van der Waals surface area contributed by atoms with E-state index in [9.17, 15) is 24.9 Å². The van der Waals surface area contributed by atoms with E-state index in [1.54, 1.807) is 6.07 Å². The number of carbonyl (C=O) groups excluding carboxylic acids is 2. The third kappa shape index (κ3) is 4.34. The molecule has 0 saturated carbocycles. The topological polar surface area (TPSA) is 130 Å². The summed E-state index contributed by atoms with van der Waals surface area (Å²) in [5.41, 5.74) is -1.14. The van der Waals surface area contributed by atoms with Gasteiger partial charge in [-0.2, -0.15) is 0 Å². The van der Waals surface area contributed by atoms with Crippen LogP contribution in [0.5, 0.6) is 0 Å². The van der Waals surface area contributed by atoms with Gasteiger partial charge < -0.3 is 20.5 Å². The van der Waals surface area contributed by atoms with Gasteiger partial charge in [0, 0.05) is 11.0 Å². The number of Topliss-reactive ketones (excluding diaryl/α,β-unsaturated/α-hetero) is 1. The summed E-state index contributed by atoms with van der Waals surface area (Å²) < 4.78 is 0.756. The Morgan fingerprint density at radius 2 is 1.81 bits per heavy atom. The van der Waals surface area contributed by atoms with Crippen molar-refractivity contribution in [2.75, 3.05) is 5.32 Å². The number of carbonyl (C=O) groups is 2. The summed E-state index contributed by atoms with van der Waals surface area (Å²) in [5.74, 6) is -1.87. The quantitative estimate of drug-likeness (QED) is 0.140. The summed E-state index contributed by atoms with van der Waals surface area (Å²) in [5, 5.41) is 27.2. The molecule has 0 saturated heterocycles. The minimum atomic E-state index is -0.970. The zero-order valence-electron chi connectivity index (χ0n) is 15.7. The maximum Gasteiger partial charge on any atom is 0.325 e. The highest BCUT2D eigenvalue weighted by atomic mass is 35.5. The highest BCUT2D eigenvalue weighted by Crippen LogP contribution is 2.32. The van der Waals surface area contributed by atoms with Gasteiger partial charge in [0.15, 0.2) is 5.71 Å². The number of para-hydroxylation sites is 2. The van der Waals surface area contributed by atoms with E-state index < -0.39 is 29.5 Å². The van der Waals surface area contributed by atoms with Gasteiger partial charge in [0.1, 0.15) is 5.52 Å². The second-order valence-corrected chi connectivity index (χ2v) is 7.58. The SMILES string of the molecule is Cc1c(C(=O)CC(=NO)C(=O)Nc2cc(Cl)c(Cl)cc2Cl)[n+](=O)c2ccccc2n1[O-]. The van der Waals surface area contributed by atoms with Crippen molar-refractivity contribution in [1.82, 2.24) is 4.73 Å². The zero-order chi connectivity index (χ0) is 22.9. The highest BCUT2D eigenvalue weighted by molar-refractivity contribution is 6.48. The lowest BCUT2D eigenvalue weighted by molar-refractivity contribution is -0.468. The molecule has 0 atom stereocenters. The maximum absolute atomic E-state index is 12.8. The Morgan fingerprint density at radius 1 is 1.16 bits per heavy atom. The second-order valence-electron chi connectivity index (χ2n) is 6.36. The summed E-state index contributed by atoms with van der Waals surface area (Å²) in [6.07, 6.45) is -0.761. The molecule has 9 nitrogen and oxygen atoms in total. The van der Waals surface area contributed by atoms with Gasteiger partial charge in [-0.1, -0.05) is 52.1 Å². The Kier molecular flexibility index (Phi) is 6.49. The largest absolute Gasteiger partial charge is 0.805 e. The Bertz CT molecular complexity index is 1320. The van der Waals surface area contributed by atoms with Crippen LogP contribution in [0.1, 0.15) is 22.6 Å². The van der Waals surface area contributed by atoms with Crippen LogP contribution in [0.2, 0.25) is 15.1 Å². The average molecular weight is 484 g/mol. The van der Waals surface area contributed by atoms with Crippen molar-refractivity contribution in [3.63, 3.8) is 0 Å². The number of anilines is 1. The lowest BCUT2D eigenvalue weighted by Gasteiger charge is -2.16. The van der Waals surface area contributed by atoms with Crippen molar-refractivity contribution in [3.05, 3.63) is 73.0 Å². The van der Waals surface area contributed by atoms with Crippen LogP contribution in [0.3, 0.4) is 0 Å². The Balaban J connectivity index is 1.91. The van der Waals surface area contributed by atoms with Crippen molar-refractivity contribution in [2.24, 2.45) is 5.16 Å². The van der Waals surface area contributed by atoms with Gasteiger partial charge in [-0.05, 0) is 25.1 Å². The fourth-order valence-corrected chi connectivity index (χ4v) is 3.47. The number of rotatable bonds is 5. The molecule has 2 N–H and O–H groups in total. The molecule has 2 aromatic carbocycles. The normalized spacial score (nSPS) is 11.5. The summed E-state index contributed by atoms with van der Waals surface area (Å²) >= 11 is 17.7. The molecule has 1 heterocycles. The van der Waals surface area contributed by atoms with E-state index in [4.69, 9.17) is 34.8 Å². The fourth-order valence-electron chi connectivity index (χ4n) is 2.88. The lowest BCUT2D eigenvalue weighted by Crippen LogP contribution is -2.33. The number of benzene rings is 2. The molecule has 0 bridgehead atoms. The molecule has 0 aliphatic rings. The maximum atomic E-state index is 12.8. The van der Waals surface area contributed by atoms with Crippen molar-refractivity contribution in [2.45, 2.75) is 13.3 Å². The van der Waals surface area contributed by atoms with Crippen LogP contribution in [-0.4, -0.2) is 27.3 Å². The summed E-state index contributed by atoms with van der Waals surface area (Å²) in [4.78, 5) is 37.9. The average Bonchev–Trinajstić information content (AvgIpc) is 2.74. The van der Waals surface area contributed by atoms with Crippen LogP contribution < -0.4 is 9.74 Å². The van der Waals surface area contributed by atoms with Gasteiger partial charge in [-0.15, -0.1) is 0 Å². The van der Waals surface area contributed by atoms with E-state index in [1.807, 2.05) is 0 Å². The number of aromatic nitrogens is 2. The first-order valence-corrected chi connectivity index (χ1v) is 9.73. The number of nitrogens with one attached hydrogen (secondary N) is 1. The first-order valence-electron chi connectivity index (χ1n) is 8.60. The smallest absolute Gasteiger partial charge is 0.325 e. The molecule has 1 amide bonds. The molecule has 160 valence electrons. The number of amides is 1. The molecule has 0 radical (unpaired) electrons. The Labute approximate surface area is 189 Å². The fraction of sp³-hybridized carbons (Fsp3) is 0.105. The van der Waals surface area contributed by atoms with Crippen LogP contribution in [0.4, 0.5) is 5.69 Å². The van der Waals surface area contributed by atoms with Gasteiger partial charge in [-0.25, -0.2) is 0 Å².